The van der Waals surface area contributed by atoms with Gasteiger partial charge >= 0.3 is 0 Å². The molecule has 3 rings (SSSR count). The first-order chi connectivity index (χ1) is 11.5. The third-order valence-corrected chi connectivity index (χ3v) is 4.78. The molecule has 0 aliphatic carbocycles. The van der Waals surface area contributed by atoms with Crippen molar-refractivity contribution in [3.8, 4) is 5.75 Å². The van der Waals surface area contributed by atoms with E-state index >= 15 is 0 Å². The summed E-state index contributed by atoms with van der Waals surface area (Å²) in [5.41, 5.74) is 1.87. The number of hydrogen-bond donors (Lipinski definition) is 2. The van der Waals surface area contributed by atoms with E-state index in [1.807, 2.05) is 6.07 Å². The van der Waals surface area contributed by atoms with Crippen LogP contribution in [0.5, 0.6) is 5.75 Å². The fraction of sp³-hybridized carbons (Fsp3) is 0.0588. The molecule has 0 amide bonds. The number of sulfonamides is 1. The van der Waals surface area contributed by atoms with Crippen molar-refractivity contribution in [1.82, 2.24) is 9.93 Å². The predicted molar refractivity (Wildman–Crippen MR) is 92.3 cm³/mol. The van der Waals surface area contributed by atoms with Crippen molar-refractivity contribution in [1.29, 1.82) is 0 Å². The predicted octanol–water partition coefficient (Wildman–Crippen LogP) is 3.48. The van der Waals surface area contributed by atoms with Gasteiger partial charge in [0.1, 0.15) is 5.75 Å². The highest BCUT2D eigenvalue weighted by atomic mass is 32.2. The molecule has 0 spiro atoms. The zero-order chi connectivity index (χ0) is 17.2. The molecule has 24 heavy (non-hydrogen) atoms. The topological polar surface area (TPSA) is 71.2 Å². The van der Waals surface area contributed by atoms with Gasteiger partial charge in [0.2, 0.25) is 0 Å². The van der Waals surface area contributed by atoms with Crippen LogP contribution >= 0.6 is 0 Å². The van der Waals surface area contributed by atoms with Gasteiger partial charge in [-0.15, -0.1) is 4.48 Å². The lowest BCUT2D eigenvalue weighted by atomic mass is 10.1. The molecule has 2 aromatic carbocycles. The van der Waals surface area contributed by atoms with Gasteiger partial charge in [0.05, 0.1) is 12.0 Å². The quantitative estimate of drug-likeness (QED) is 0.549. The third kappa shape index (κ3) is 3.17. The number of ether oxygens (including phenoxy) is 1. The minimum Gasteiger partial charge on any atom is -0.497 e. The third-order valence-electron chi connectivity index (χ3n) is 3.64. The number of fused-ring (bicyclic) bond motifs is 1. The maximum atomic E-state index is 12.9. The van der Waals surface area contributed by atoms with Crippen molar-refractivity contribution < 1.29 is 17.6 Å². The van der Waals surface area contributed by atoms with Gasteiger partial charge in [0.25, 0.3) is 10.0 Å². The molecule has 3 aromatic rings. The Morgan fingerprint density at radius 1 is 1.17 bits per heavy atom. The number of rotatable bonds is 5. The number of benzene rings is 2. The Morgan fingerprint density at radius 3 is 2.58 bits per heavy atom. The number of methoxy groups -OCH3 is 1. The minimum atomic E-state index is -4.28. The maximum Gasteiger partial charge on any atom is 0.267 e. The van der Waals surface area contributed by atoms with Crippen molar-refractivity contribution in [2.24, 2.45) is 0 Å². The normalized spacial score (nSPS) is 12.5. The summed E-state index contributed by atoms with van der Waals surface area (Å²) in [6, 6.07) is 13.7. The van der Waals surface area contributed by atoms with E-state index in [0.717, 1.165) is 15.8 Å². The van der Waals surface area contributed by atoms with Crippen LogP contribution in [-0.2, 0) is 10.0 Å². The molecule has 0 aliphatic rings. The van der Waals surface area contributed by atoms with Crippen LogP contribution in [0.1, 0.15) is 11.1 Å². The molecule has 1 aromatic heterocycles. The highest BCUT2D eigenvalue weighted by Crippen LogP contribution is 2.27. The number of nitrogens with one attached hydrogen (secondary N) is 2. The van der Waals surface area contributed by atoms with Crippen LogP contribution in [0.25, 0.3) is 21.9 Å². The van der Waals surface area contributed by atoms with Crippen LogP contribution in [0, 0.1) is 0 Å². The first-order valence-electron chi connectivity index (χ1n) is 7.09. The SMILES string of the molecule is COc1ccc(/C=C(\c2ccc3[nH]ccc3c2)S(=O)(=O)NF)cc1. The van der Waals surface area contributed by atoms with Crippen LogP contribution < -0.4 is 9.68 Å². The largest absolute Gasteiger partial charge is 0.497 e. The molecule has 0 radical (unpaired) electrons. The summed E-state index contributed by atoms with van der Waals surface area (Å²) in [6.45, 7) is 0. The van der Waals surface area contributed by atoms with E-state index in [2.05, 4.69) is 4.98 Å². The first kappa shape index (κ1) is 16.2. The van der Waals surface area contributed by atoms with Crippen molar-refractivity contribution >= 4 is 31.9 Å². The molecule has 0 aliphatic heterocycles. The van der Waals surface area contributed by atoms with Gasteiger partial charge in [-0.1, -0.05) is 18.2 Å². The van der Waals surface area contributed by atoms with Crippen LogP contribution in [0.15, 0.2) is 54.7 Å². The fourth-order valence-corrected chi connectivity index (χ4v) is 3.23. The fourth-order valence-electron chi connectivity index (χ4n) is 2.42. The molecular weight excluding hydrogens is 331 g/mol. The molecule has 5 nitrogen and oxygen atoms in total. The number of hydrogen-bond acceptors (Lipinski definition) is 3. The van der Waals surface area contributed by atoms with E-state index in [4.69, 9.17) is 4.74 Å². The van der Waals surface area contributed by atoms with E-state index in [1.165, 1.54) is 6.08 Å². The van der Waals surface area contributed by atoms with Crippen molar-refractivity contribution in [3.05, 3.63) is 65.9 Å². The number of halogens is 1. The van der Waals surface area contributed by atoms with E-state index in [0.29, 0.717) is 16.9 Å². The lowest BCUT2D eigenvalue weighted by molar-refractivity contribution is 0.415. The van der Waals surface area contributed by atoms with Gasteiger partial charge in [-0.25, -0.2) is 8.42 Å². The molecule has 0 saturated heterocycles. The second-order valence-electron chi connectivity index (χ2n) is 5.14. The summed E-state index contributed by atoms with van der Waals surface area (Å²) in [5, 5.41) is 0.835. The Labute approximate surface area is 138 Å². The Hall–Kier alpha value is -2.64. The monoisotopic (exact) mass is 346 g/mol. The molecule has 0 bridgehead atoms. The van der Waals surface area contributed by atoms with Gasteiger partial charge in [-0.2, -0.15) is 0 Å². The van der Waals surface area contributed by atoms with E-state index in [9.17, 15) is 12.9 Å². The molecule has 1 heterocycles. The van der Waals surface area contributed by atoms with Crippen LogP contribution in [0.4, 0.5) is 4.48 Å². The summed E-state index contributed by atoms with van der Waals surface area (Å²) < 4.78 is 42.2. The zero-order valence-electron chi connectivity index (χ0n) is 12.8. The second kappa shape index (κ2) is 6.46. The van der Waals surface area contributed by atoms with E-state index in [1.54, 1.807) is 55.8 Å². The van der Waals surface area contributed by atoms with Crippen LogP contribution in [-0.4, -0.2) is 20.5 Å². The molecule has 0 atom stereocenters. The van der Waals surface area contributed by atoms with Gasteiger partial charge in [-0.3, -0.25) is 0 Å². The molecule has 7 heteroatoms. The van der Waals surface area contributed by atoms with Crippen LogP contribution in [0.2, 0.25) is 0 Å². The van der Waals surface area contributed by atoms with Gasteiger partial charge in [-0.05, 0) is 57.9 Å². The lowest BCUT2D eigenvalue weighted by Crippen LogP contribution is -2.16. The molecule has 2 N–H and O–H groups in total. The zero-order valence-corrected chi connectivity index (χ0v) is 13.6. The summed E-state index contributed by atoms with van der Waals surface area (Å²) in [7, 11) is -2.73. The summed E-state index contributed by atoms with van der Waals surface area (Å²) in [6.07, 6.45) is 3.17. The number of aromatic amines is 1. The summed E-state index contributed by atoms with van der Waals surface area (Å²) >= 11 is 0. The Morgan fingerprint density at radius 2 is 1.92 bits per heavy atom. The first-order valence-corrected chi connectivity index (χ1v) is 8.57. The maximum absolute atomic E-state index is 12.9. The lowest BCUT2D eigenvalue weighted by Gasteiger charge is -2.08. The highest BCUT2D eigenvalue weighted by Gasteiger charge is 2.20. The van der Waals surface area contributed by atoms with Crippen molar-refractivity contribution in [3.63, 3.8) is 0 Å². The van der Waals surface area contributed by atoms with E-state index in [-0.39, 0.29) is 4.91 Å². The molecule has 0 fully saturated rings. The number of H-pyrrole nitrogens is 1. The number of aromatic nitrogens is 1. The summed E-state index contributed by atoms with van der Waals surface area (Å²) in [4.78, 5) is 3.77. The van der Waals surface area contributed by atoms with Gasteiger partial charge in [0.15, 0.2) is 0 Å². The Balaban J connectivity index is 2.13. The van der Waals surface area contributed by atoms with Gasteiger partial charge in [0, 0.05) is 11.7 Å². The second-order valence-corrected chi connectivity index (χ2v) is 6.74. The van der Waals surface area contributed by atoms with Crippen molar-refractivity contribution in [2.75, 3.05) is 7.11 Å². The van der Waals surface area contributed by atoms with E-state index < -0.39 is 10.0 Å². The Kier molecular flexibility index (Phi) is 4.37. The van der Waals surface area contributed by atoms with Crippen molar-refractivity contribution in [2.45, 2.75) is 0 Å². The van der Waals surface area contributed by atoms with Gasteiger partial charge < -0.3 is 9.72 Å². The summed E-state index contributed by atoms with van der Waals surface area (Å²) in [5.74, 6) is 0.647. The minimum absolute atomic E-state index is 0.154. The standard InChI is InChI=1S/C17H15FN2O3S/c1-23-15-5-2-12(3-6-15)10-17(24(21,22)20-18)14-4-7-16-13(11-14)8-9-19-16/h2-11,19-20H,1H3/b17-10+. The smallest absolute Gasteiger partial charge is 0.267 e. The Bertz CT molecular complexity index is 992. The van der Waals surface area contributed by atoms with Crippen LogP contribution in [0.3, 0.4) is 0 Å². The highest BCUT2D eigenvalue weighted by molar-refractivity contribution is 7.98. The molecule has 0 unspecified atom stereocenters. The average molecular weight is 346 g/mol. The average Bonchev–Trinajstić information content (AvgIpc) is 3.07. The molecule has 0 saturated carbocycles. The molecule has 124 valence electrons. The molecular formula is C17H15FN2O3S.